The smallest absolute Gasteiger partial charge is 0.295 e. The predicted octanol–water partition coefficient (Wildman–Crippen LogP) is 3.19. The van der Waals surface area contributed by atoms with E-state index in [4.69, 9.17) is 18.9 Å². The zero-order valence-electron chi connectivity index (χ0n) is 22.5. The van der Waals surface area contributed by atoms with E-state index in [0.717, 1.165) is 28.2 Å². The topological polar surface area (TPSA) is 134 Å². The molecule has 11 nitrogen and oxygen atoms in total. The Labute approximate surface area is 235 Å². The van der Waals surface area contributed by atoms with Gasteiger partial charge in [-0.3, -0.25) is 9.36 Å². The molecular weight excluding hydrogens is 526 g/mol. The number of benzene rings is 3. The molecule has 0 bridgehead atoms. The summed E-state index contributed by atoms with van der Waals surface area (Å²) in [6, 6.07) is 25.5. The van der Waals surface area contributed by atoms with Crippen LogP contribution in [0.3, 0.4) is 0 Å². The quantitative estimate of drug-likeness (QED) is 0.263. The zero-order valence-corrected chi connectivity index (χ0v) is 22.5. The van der Waals surface area contributed by atoms with Crippen molar-refractivity contribution >= 4 is 11.2 Å². The lowest BCUT2D eigenvalue weighted by Crippen LogP contribution is -2.35. The second kappa shape index (κ2) is 11.1. The fraction of sp³-hybridized carbons (Fsp3) is 0.267. The Hall–Kier alpha value is -4.58. The number of aromatic nitrogens is 5. The summed E-state index contributed by atoms with van der Waals surface area (Å²) in [7, 11) is 3.26. The molecule has 5 aromatic rings. The van der Waals surface area contributed by atoms with E-state index in [1.807, 2.05) is 78.9 Å². The molecule has 2 N–H and O–H groups in total. The molecule has 6 rings (SSSR count). The minimum Gasteiger partial charge on any atom is -0.497 e. The third-order valence-electron chi connectivity index (χ3n) is 7.38. The Morgan fingerprint density at radius 2 is 1.56 bits per heavy atom. The zero-order chi connectivity index (χ0) is 28.4. The largest absolute Gasteiger partial charge is 0.497 e. The SMILES string of the molecule is COc1ccc(C(OC[C@@H]2C[C@@H](O)[C@H](n3cnc4c(=O)[nH]nnc43)O2)(c2ccccc2)c2ccc(OC)cc2)cc1. The minimum absolute atomic E-state index is 0.123. The van der Waals surface area contributed by atoms with Crippen LogP contribution in [-0.2, 0) is 15.1 Å². The van der Waals surface area contributed by atoms with E-state index in [0.29, 0.717) is 6.42 Å². The number of fused-ring (bicyclic) bond motifs is 1. The first-order chi connectivity index (χ1) is 20.0. The fourth-order valence-electron chi connectivity index (χ4n) is 5.35. The van der Waals surface area contributed by atoms with Gasteiger partial charge in [0.1, 0.15) is 23.2 Å². The van der Waals surface area contributed by atoms with Crippen LogP contribution in [0.1, 0.15) is 29.3 Å². The number of aromatic amines is 1. The standard InChI is InChI=1S/C30H29N5O6/c1-38-22-12-8-20(9-13-22)30(19-6-4-3-5-7-19,21-10-14-23(39-2)15-11-21)40-17-24-16-25(36)29(41-24)35-18-31-26-27(35)32-34-33-28(26)37/h3-15,18,24-25,29,36H,16-17H2,1-2H3,(H,32,33,37)/t24-,25+,29+/m0/s1. The second-order valence-electron chi connectivity index (χ2n) is 9.73. The maximum atomic E-state index is 12.1. The lowest BCUT2D eigenvalue weighted by Gasteiger charge is -2.37. The number of methoxy groups -OCH3 is 2. The number of aliphatic hydroxyl groups is 1. The van der Waals surface area contributed by atoms with Gasteiger partial charge in [-0.25, -0.2) is 10.1 Å². The van der Waals surface area contributed by atoms with Crippen molar-refractivity contribution in [2.75, 3.05) is 20.8 Å². The van der Waals surface area contributed by atoms with E-state index < -0.39 is 29.6 Å². The Morgan fingerprint density at radius 1 is 0.951 bits per heavy atom. The van der Waals surface area contributed by atoms with E-state index in [1.54, 1.807) is 14.2 Å². The molecular formula is C30H29N5O6. The molecule has 1 aliphatic heterocycles. The van der Waals surface area contributed by atoms with Gasteiger partial charge < -0.3 is 24.1 Å². The molecule has 3 aromatic carbocycles. The molecule has 11 heteroatoms. The third-order valence-corrected chi connectivity index (χ3v) is 7.38. The molecule has 2 aromatic heterocycles. The van der Waals surface area contributed by atoms with Crippen molar-refractivity contribution in [1.82, 2.24) is 25.0 Å². The Morgan fingerprint density at radius 3 is 2.17 bits per heavy atom. The lowest BCUT2D eigenvalue weighted by molar-refractivity contribution is -0.0852. The maximum Gasteiger partial charge on any atom is 0.295 e. The number of imidazole rings is 1. The highest BCUT2D eigenvalue weighted by Gasteiger charge is 2.42. The normalized spacial score (nSPS) is 19.0. The minimum atomic E-state index is -1.02. The summed E-state index contributed by atoms with van der Waals surface area (Å²) in [5, 5.41) is 20.8. The lowest BCUT2D eigenvalue weighted by atomic mass is 9.80. The van der Waals surface area contributed by atoms with Crippen molar-refractivity contribution < 1.29 is 24.1 Å². The van der Waals surface area contributed by atoms with Crippen LogP contribution in [0.25, 0.3) is 11.2 Å². The molecule has 1 saturated heterocycles. The van der Waals surface area contributed by atoms with E-state index >= 15 is 0 Å². The molecule has 0 radical (unpaired) electrons. The van der Waals surface area contributed by atoms with E-state index in [-0.39, 0.29) is 17.8 Å². The van der Waals surface area contributed by atoms with Gasteiger partial charge in [0.15, 0.2) is 17.4 Å². The van der Waals surface area contributed by atoms with E-state index in [9.17, 15) is 9.90 Å². The van der Waals surface area contributed by atoms with Gasteiger partial charge in [-0.1, -0.05) is 59.8 Å². The molecule has 3 heterocycles. The van der Waals surface area contributed by atoms with Gasteiger partial charge >= 0.3 is 0 Å². The monoisotopic (exact) mass is 555 g/mol. The van der Waals surface area contributed by atoms with Crippen LogP contribution in [0, 0.1) is 0 Å². The predicted molar refractivity (Wildman–Crippen MR) is 149 cm³/mol. The van der Waals surface area contributed by atoms with Crippen molar-refractivity contribution in [3.63, 3.8) is 0 Å². The summed E-state index contributed by atoms with van der Waals surface area (Å²) in [4.78, 5) is 16.2. The van der Waals surface area contributed by atoms with E-state index in [2.05, 4.69) is 20.4 Å². The van der Waals surface area contributed by atoms with Gasteiger partial charge in [-0.05, 0) is 41.0 Å². The number of ether oxygens (including phenoxy) is 4. The highest BCUT2D eigenvalue weighted by Crippen LogP contribution is 2.42. The van der Waals surface area contributed by atoms with Crippen molar-refractivity contribution in [3.05, 3.63) is 112 Å². The molecule has 0 unspecified atom stereocenters. The number of aliphatic hydroxyl groups excluding tert-OH is 1. The number of H-pyrrole nitrogens is 1. The van der Waals surface area contributed by atoms with Crippen LogP contribution in [-0.4, -0.2) is 63.1 Å². The number of hydrogen-bond donors (Lipinski definition) is 2. The first-order valence-electron chi connectivity index (χ1n) is 13.1. The Bertz CT molecular complexity index is 1620. The highest BCUT2D eigenvalue weighted by molar-refractivity contribution is 5.68. The Kier molecular flexibility index (Phi) is 7.23. The number of nitrogens with zero attached hydrogens (tertiary/aromatic N) is 4. The molecule has 1 aliphatic rings. The number of nitrogens with one attached hydrogen (secondary N) is 1. The van der Waals surface area contributed by atoms with Crippen molar-refractivity contribution in [3.8, 4) is 11.5 Å². The molecule has 0 aliphatic carbocycles. The van der Waals surface area contributed by atoms with Crippen LogP contribution < -0.4 is 15.0 Å². The van der Waals surface area contributed by atoms with Crippen molar-refractivity contribution in [1.29, 1.82) is 0 Å². The number of rotatable bonds is 9. The summed E-state index contributed by atoms with van der Waals surface area (Å²) >= 11 is 0. The number of hydrogen-bond acceptors (Lipinski definition) is 9. The van der Waals surface area contributed by atoms with Crippen LogP contribution in [0.4, 0.5) is 0 Å². The highest BCUT2D eigenvalue weighted by atomic mass is 16.6. The summed E-state index contributed by atoms with van der Waals surface area (Å²) in [5.74, 6) is 1.45. The average molecular weight is 556 g/mol. The molecule has 0 amide bonds. The maximum absolute atomic E-state index is 12.1. The average Bonchev–Trinajstić information content (AvgIpc) is 3.62. The van der Waals surface area contributed by atoms with Gasteiger partial charge in [-0.15, -0.1) is 5.10 Å². The van der Waals surface area contributed by atoms with Crippen LogP contribution in [0.2, 0.25) is 0 Å². The summed E-state index contributed by atoms with van der Waals surface area (Å²) in [5.41, 5.74) is 1.56. The second-order valence-corrected chi connectivity index (χ2v) is 9.73. The van der Waals surface area contributed by atoms with Crippen molar-refractivity contribution in [2.45, 2.75) is 30.5 Å². The summed E-state index contributed by atoms with van der Waals surface area (Å²) in [6.07, 6.45) is -0.430. The van der Waals surface area contributed by atoms with Gasteiger partial charge in [0.05, 0.1) is 33.3 Å². The molecule has 0 spiro atoms. The third kappa shape index (κ3) is 4.84. The van der Waals surface area contributed by atoms with E-state index in [1.165, 1.54) is 10.9 Å². The van der Waals surface area contributed by atoms with Crippen LogP contribution in [0.5, 0.6) is 11.5 Å². The van der Waals surface area contributed by atoms with Gasteiger partial charge in [0.25, 0.3) is 5.56 Å². The summed E-state index contributed by atoms with van der Waals surface area (Å²) < 4.78 is 25.5. The van der Waals surface area contributed by atoms with Crippen molar-refractivity contribution in [2.24, 2.45) is 0 Å². The molecule has 3 atom stereocenters. The van der Waals surface area contributed by atoms with Crippen LogP contribution in [0.15, 0.2) is 90.0 Å². The van der Waals surface area contributed by atoms with Crippen LogP contribution >= 0.6 is 0 Å². The molecule has 41 heavy (non-hydrogen) atoms. The van der Waals surface area contributed by atoms with Gasteiger partial charge in [0.2, 0.25) is 0 Å². The molecule has 210 valence electrons. The molecule has 0 saturated carbocycles. The first kappa shape index (κ1) is 26.6. The van der Waals surface area contributed by atoms with Gasteiger partial charge in [-0.2, -0.15) is 0 Å². The first-order valence-corrected chi connectivity index (χ1v) is 13.1. The van der Waals surface area contributed by atoms with Gasteiger partial charge in [0, 0.05) is 6.42 Å². The molecule has 1 fully saturated rings. The summed E-state index contributed by atoms with van der Waals surface area (Å²) in [6.45, 7) is 0.152. The fourth-order valence-corrected chi connectivity index (χ4v) is 5.35. The Balaban J connectivity index is 1.37.